The van der Waals surface area contributed by atoms with E-state index in [2.05, 4.69) is 20.1 Å². The number of carbonyl (C=O) groups excluding carboxylic acids is 1. The molecule has 0 saturated carbocycles. The number of nitrogens with zero attached hydrogens (tertiary/aromatic N) is 6. The van der Waals surface area contributed by atoms with Crippen LogP contribution in [0.2, 0.25) is 0 Å². The van der Waals surface area contributed by atoms with Crippen molar-refractivity contribution in [3.05, 3.63) is 66.6 Å². The van der Waals surface area contributed by atoms with Gasteiger partial charge in [0, 0.05) is 37.0 Å². The fourth-order valence-electron chi connectivity index (χ4n) is 3.85. The van der Waals surface area contributed by atoms with E-state index in [1.54, 1.807) is 27.5 Å². The number of benzene rings is 1. The molecule has 1 saturated heterocycles. The number of amides is 1. The first-order valence-electron chi connectivity index (χ1n) is 10.5. The predicted molar refractivity (Wildman–Crippen MR) is 122 cm³/mol. The summed E-state index contributed by atoms with van der Waals surface area (Å²) in [6, 6.07) is 10.7. The molecule has 0 unspecified atom stereocenters. The van der Waals surface area contributed by atoms with Crippen LogP contribution >= 0.6 is 11.8 Å². The Morgan fingerprint density at radius 3 is 2.55 bits per heavy atom. The Morgan fingerprint density at radius 1 is 1.06 bits per heavy atom. The van der Waals surface area contributed by atoms with Crippen molar-refractivity contribution in [1.29, 1.82) is 0 Å². The number of fused-ring (bicyclic) bond motifs is 1. The average Bonchev–Trinajstić information content (AvgIpc) is 3.30. The first kappa shape index (κ1) is 21.3. The third-order valence-electron chi connectivity index (χ3n) is 5.63. The van der Waals surface area contributed by atoms with E-state index >= 15 is 0 Å². The lowest BCUT2D eigenvalue weighted by Crippen LogP contribution is -2.41. The van der Waals surface area contributed by atoms with Gasteiger partial charge in [0.2, 0.25) is 11.8 Å². The van der Waals surface area contributed by atoms with E-state index in [-0.39, 0.29) is 12.0 Å². The Hall–Kier alpha value is -3.53. The number of rotatable bonds is 5. The molecule has 1 aliphatic rings. The molecule has 0 spiro atoms. The summed E-state index contributed by atoms with van der Waals surface area (Å²) in [5.74, 6) is -0.270. The highest BCUT2D eigenvalue weighted by Crippen LogP contribution is 2.27. The normalized spacial score (nSPS) is 14.5. The summed E-state index contributed by atoms with van der Waals surface area (Å²) in [4.78, 5) is 27.8. The molecule has 5 rings (SSSR count). The number of aromatic nitrogens is 5. The zero-order valence-corrected chi connectivity index (χ0v) is 18.7. The number of thioether (sulfide) groups is 1. The number of hydrogen-bond donors (Lipinski definition) is 0. The molecule has 1 aromatic carbocycles. The van der Waals surface area contributed by atoms with Crippen molar-refractivity contribution in [3.8, 4) is 11.6 Å². The summed E-state index contributed by atoms with van der Waals surface area (Å²) in [6.45, 7) is 1.08. The molecule has 0 aliphatic carbocycles. The van der Waals surface area contributed by atoms with E-state index in [1.807, 2.05) is 30.5 Å². The quantitative estimate of drug-likeness (QED) is 0.328. The number of carbonyl (C=O) groups is 1. The molecular weight excluding hydrogens is 443 g/mol. The third kappa shape index (κ3) is 4.38. The largest absolute Gasteiger partial charge is 0.474 e. The van der Waals surface area contributed by atoms with Crippen LogP contribution in [0.15, 0.2) is 60.0 Å². The molecule has 0 bridgehead atoms. The summed E-state index contributed by atoms with van der Waals surface area (Å²) in [7, 11) is 0. The lowest BCUT2D eigenvalue weighted by atomic mass is 10.1. The Morgan fingerprint density at radius 2 is 1.85 bits per heavy atom. The molecule has 3 aromatic heterocycles. The fourth-order valence-corrected chi connectivity index (χ4v) is 4.26. The van der Waals surface area contributed by atoms with E-state index in [9.17, 15) is 9.18 Å². The second-order valence-corrected chi connectivity index (χ2v) is 8.53. The van der Waals surface area contributed by atoms with Crippen LogP contribution in [-0.2, 0) is 0 Å². The standard InChI is InChI=1S/C23H21FN6O2S/c1-33-18-5-3-16(4-6-18)30-21-19(13-28-30)22(27-14-26-21)32-17-8-10-29(11-9-17)23(31)15-2-7-20(24)25-12-15/h2-7,12-14,17H,8-11H2,1H3. The number of ether oxygens (including phenoxy) is 1. The van der Waals surface area contributed by atoms with Crippen molar-refractivity contribution >= 4 is 28.7 Å². The maximum Gasteiger partial charge on any atom is 0.255 e. The van der Waals surface area contributed by atoms with Crippen LogP contribution in [0.5, 0.6) is 5.88 Å². The van der Waals surface area contributed by atoms with E-state index in [4.69, 9.17) is 4.74 Å². The summed E-state index contributed by atoms with van der Waals surface area (Å²) < 4.78 is 21.0. The Bertz CT molecular complexity index is 1270. The first-order chi connectivity index (χ1) is 16.1. The minimum Gasteiger partial charge on any atom is -0.474 e. The zero-order chi connectivity index (χ0) is 22.8. The average molecular weight is 465 g/mol. The van der Waals surface area contributed by atoms with Crippen LogP contribution in [0.3, 0.4) is 0 Å². The van der Waals surface area contributed by atoms with Gasteiger partial charge in [0.15, 0.2) is 5.65 Å². The van der Waals surface area contributed by atoms with E-state index in [0.717, 1.165) is 11.1 Å². The number of pyridine rings is 1. The zero-order valence-electron chi connectivity index (χ0n) is 17.9. The molecule has 4 aromatic rings. The highest BCUT2D eigenvalue weighted by Gasteiger charge is 2.26. The van der Waals surface area contributed by atoms with Gasteiger partial charge >= 0.3 is 0 Å². The topological polar surface area (TPSA) is 86.0 Å². The SMILES string of the molecule is CSc1ccc(-n2ncc3c(OC4CCN(C(=O)c5ccc(F)nc5)CC4)ncnc32)cc1. The molecule has 0 N–H and O–H groups in total. The van der Waals surface area contributed by atoms with Crippen LogP contribution in [0.25, 0.3) is 16.7 Å². The number of likely N-dealkylation sites (tertiary alicyclic amines) is 1. The summed E-state index contributed by atoms with van der Waals surface area (Å²) in [6.07, 6.45) is 7.74. The third-order valence-corrected chi connectivity index (χ3v) is 6.37. The van der Waals surface area contributed by atoms with E-state index < -0.39 is 5.95 Å². The first-order valence-corrected chi connectivity index (χ1v) is 11.8. The fraction of sp³-hybridized carbons (Fsp3) is 0.261. The Kier molecular flexibility index (Phi) is 5.91. The second-order valence-electron chi connectivity index (χ2n) is 7.65. The lowest BCUT2D eigenvalue weighted by Gasteiger charge is -2.32. The molecule has 1 aliphatic heterocycles. The van der Waals surface area contributed by atoms with Crippen LogP contribution in [0, 0.1) is 5.95 Å². The molecule has 4 heterocycles. The van der Waals surface area contributed by atoms with Crippen LogP contribution in [0.1, 0.15) is 23.2 Å². The summed E-state index contributed by atoms with van der Waals surface area (Å²) in [5, 5.41) is 5.23. The van der Waals surface area contributed by atoms with Crippen LogP contribution < -0.4 is 4.74 Å². The maximum atomic E-state index is 13.0. The monoisotopic (exact) mass is 464 g/mol. The van der Waals surface area contributed by atoms with Crippen LogP contribution in [-0.4, -0.2) is 61.0 Å². The number of hydrogen-bond acceptors (Lipinski definition) is 7. The second kappa shape index (κ2) is 9.14. The van der Waals surface area contributed by atoms with Crippen molar-refractivity contribution in [3.63, 3.8) is 0 Å². The smallest absolute Gasteiger partial charge is 0.255 e. The Labute approximate surface area is 193 Å². The highest BCUT2D eigenvalue weighted by molar-refractivity contribution is 7.98. The number of halogens is 1. The summed E-state index contributed by atoms with van der Waals surface area (Å²) >= 11 is 1.68. The van der Waals surface area contributed by atoms with Gasteiger partial charge in [0.1, 0.15) is 17.8 Å². The lowest BCUT2D eigenvalue weighted by molar-refractivity contribution is 0.0590. The van der Waals surface area contributed by atoms with Crippen molar-refractivity contribution in [2.24, 2.45) is 0 Å². The minimum atomic E-state index is -0.602. The number of piperidine rings is 1. The van der Waals surface area contributed by atoms with Gasteiger partial charge in [0.25, 0.3) is 5.91 Å². The molecule has 10 heteroatoms. The van der Waals surface area contributed by atoms with Gasteiger partial charge in [-0.3, -0.25) is 4.79 Å². The predicted octanol–water partition coefficient (Wildman–Crippen LogP) is 3.76. The van der Waals surface area contributed by atoms with Crippen molar-refractivity contribution in [2.75, 3.05) is 19.3 Å². The van der Waals surface area contributed by atoms with Gasteiger partial charge in [-0.25, -0.2) is 19.6 Å². The van der Waals surface area contributed by atoms with Gasteiger partial charge < -0.3 is 9.64 Å². The molecular formula is C23H21FN6O2S. The summed E-state index contributed by atoms with van der Waals surface area (Å²) in [5.41, 5.74) is 1.97. The minimum absolute atomic E-state index is 0.0808. The van der Waals surface area contributed by atoms with E-state index in [1.165, 1.54) is 29.6 Å². The van der Waals surface area contributed by atoms with Crippen molar-refractivity contribution in [1.82, 2.24) is 29.6 Å². The van der Waals surface area contributed by atoms with Gasteiger partial charge in [0.05, 0.1) is 17.4 Å². The highest BCUT2D eigenvalue weighted by atomic mass is 32.2. The molecule has 0 atom stereocenters. The van der Waals surface area contributed by atoms with Crippen LogP contribution in [0.4, 0.5) is 4.39 Å². The maximum absolute atomic E-state index is 13.0. The molecule has 1 amide bonds. The van der Waals surface area contributed by atoms with Crippen molar-refractivity contribution in [2.45, 2.75) is 23.8 Å². The van der Waals surface area contributed by atoms with Gasteiger partial charge in [-0.2, -0.15) is 9.49 Å². The molecule has 168 valence electrons. The molecule has 8 nitrogen and oxygen atoms in total. The molecule has 1 fully saturated rings. The van der Waals surface area contributed by atoms with Gasteiger partial charge in [-0.15, -0.1) is 11.8 Å². The molecule has 0 radical (unpaired) electrons. The van der Waals surface area contributed by atoms with E-state index in [0.29, 0.717) is 43.0 Å². The Balaban J connectivity index is 1.28. The molecule has 33 heavy (non-hydrogen) atoms. The van der Waals surface area contributed by atoms with Crippen molar-refractivity contribution < 1.29 is 13.9 Å². The van der Waals surface area contributed by atoms with Gasteiger partial charge in [-0.1, -0.05) is 0 Å². The van der Waals surface area contributed by atoms with Gasteiger partial charge in [-0.05, 0) is 42.7 Å².